The lowest BCUT2D eigenvalue weighted by atomic mass is 10.0. The van der Waals surface area contributed by atoms with Gasteiger partial charge < -0.3 is 9.47 Å². The van der Waals surface area contributed by atoms with E-state index in [-0.39, 0.29) is 12.2 Å². The zero-order valence-corrected chi connectivity index (χ0v) is 18.4. The van der Waals surface area contributed by atoms with Gasteiger partial charge in [0.15, 0.2) is 4.80 Å². The molecule has 3 heterocycles. The van der Waals surface area contributed by atoms with E-state index in [1.807, 2.05) is 41.8 Å². The van der Waals surface area contributed by atoms with Crippen LogP contribution >= 0.6 is 22.7 Å². The molecule has 0 fully saturated rings. The van der Waals surface area contributed by atoms with Crippen LogP contribution < -0.4 is 19.6 Å². The van der Waals surface area contributed by atoms with Crippen LogP contribution in [0.4, 0.5) is 0 Å². The molecule has 8 heteroatoms. The van der Waals surface area contributed by atoms with Gasteiger partial charge in [-0.15, -0.1) is 11.3 Å². The zero-order chi connectivity index (χ0) is 21.3. The Bertz CT molecular complexity index is 1300. The Morgan fingerprint density at radius 2 is 2.07 bits per heavy atom. The van der Waals surface area contributed by atoms with Crippen LogP contribution in [0.5, 0.6) is 5.75 Å². The Morgan fingerprint density at radius 1 is 1.27 bits per heavy atom. The summed E-state index contributed by atoms with van der Waals surface area (Å²) in [6.07, 6.45) is 1.80. The maximum Gasteiger partial charge on any atom is 0.338 e. The average Bonchev–Trinajstić information content (AvgIpc) is 3.36. The third-order valence-electron chi connectivity index (χ3n) is 4.76. The molecule has 4 rings (SSSR count). The van der Waals surface area contributed by atoms with Gasteiger partial charge in [0.2, 0.25) is 0 Å². The van der Waals surface area contributed by atoms with E-state index in [0.29, 0.717) is 26.4 Å². The number of thiophene rings is 1. The minimum Gasteiger partial charge on any atom is -0.496 e. The molecule has 1 atom stereocenters. The predicted molar refractivity (Wildman–Crippen MR) is 118 cm³/mol. The average molecular weight is 441 g/mol. The van der Waals surface area contributed by atoms with E-state index in [9.17, 15) is 9.59 Å². The Balaban J connectivity index is 1.95. The molecular formula is C22H20N2O4S2. The molecule has 0 radical (unpaired) electrons. The first-order chi connectivity index (χ1) is 14.5. The van der Waals surface area contributed by atoms with Crippen LogP contribution in [0.25, 0.3) is 6.08 Å². The lowest BCUT2D eigenvalue weighted by Crippen LogP contribution is -2.39. The monoisotopic (exact) mass is 440 g/mol. The summed E-state index contributed by atoms with van der Waals surface area (Å²) in [6.45, 7) is 3.80. The number of thiazole rings is 1. The van der Waals surface area contributed by atoms with Crippen molar-refractivity contribution < 1.29 is 14.3 Å². The van der Waals surface area contributed by atoms with Gasteiger partial charge in [0.25, 0.3) is 5.56 Å². The van der Waals surface area contributed by atoms with E-state index in [4.69, 9.17) is 9.47 Å². The topological polar surface area (TPSA) is 69.9 Å². The number of hydrogen-bond acceptors (Lipinski definition) is 7. The number of benzene rings is 1. The minimum absolute atomic E-state index is 0.197. The Kier molecular flexibility index (Phi) is 5.69. The second kappa shape index (κ2) is 8.41. The highest BCUT2D eigenvalue weighted by Crippen LogP contribution is 2.33. The molecule has 6 nitrogen and oxygen atoms in total. The molecule has 0 spiro atoms. The number of hydrogen-bond donors (Lipinski definition) is 0. The smallest absolute Gasteiger partial charge is 0.338 e. The van der Waals surface area contributed by atoms with Crippen molar-refractivity contribution in [1.29, 1.82) is 0 Å². The minimum atomic E-state index is -0.555. The highest BCUT2D eigenvalue weighted by molar-refractivity contribution is 7.10. The summed E-state index contributed by atoms with van der Waals surface area (Å²) in [7, 11) is 1.60. The number of para-hydroxylation sites is 1. The molecule has 3 aromatic rings. The van der Waals surface area contributed by atoms with Gasteiger partial charge in [-0.2, -0.15) is 0 Å². The zero-order valence-electron chi connectivity index (χ0n) is 16.7. The third-order valence-corrected chi connectivity index (χ3v) is 6.66. The first kappa shape index (κ1) is 20.3. The summed E-state index contributed by atoms with van der Waals surface area (Å²) in [5.74, 6) is 0.234. The molecule has 0 aliphatic carbocycles. The van der Waals surface area contributed by atoms with Gasteiger partial charge in [-0.05, 0) is 37.4 Å². The van der Waals surface area contributed by atoms with Crippen molar-refractivity contribution in [3.8, 4) is 5.75 Å². The van der Waals surface area contributed by atoms with Crippen LogP contribution in [-0.4, -0.2) is 24.3 Å². The molecular weight excluding hydrogens is 420 g/mol. The first-order valence-corrected chi connectivity index (χ1v) is 11.1. The summed E-state index contributed by atoms with van der Waals surface area (Å²) in [6, 6.07) is 10.8. The normalized spacial score (nSPS) is 16.2. The lowest BCUT2D eigenvalue weighted by Gasteiger charge is -2.23. The number of rotatable bonds is 5. The van der Waals surface area contributed by atoms with Crippen LogP contribution in [-0.2, 0) is 9.53 Å². The van der Waals surface area contributed by atoms with E-state index < -0.39 is 12.0 Å². The molecule has 0 unspecified atom stereocenters. The second-order valence-corrected chi connectivity index (χ2v) is 8.55. The van der Waals surface area contributed by atoms with Crippen LogP contribution in [0.1, 0.15) is 30.3 Å². The molecule has 0 bridgehead atoms. The second-order valence-electron chi connectivity index (χ2n) is 6.56. The van der Waals surface area contributed by atoms with Gasteiger partial charge in [0.05, 0.1) is 29.5 Å². The van der Waals surface area contributed by atoms with Crippen molar-refractivity contribution in [3.05, 3.63) is 83.2 Å². The van der Waals surface area contributed by atoms with Crippen molar-refractivity contribution in [2.45, 2.75) is 19.9 Å². The van der Waals surface area contributed by atoms with Crippen molar-refractivity contribution in [3.63, 3.8) is 0 Å². The molecule has 0 N–H and O–H groups in total. The largest absolute Gasteiger partial charge is 0.496 e. The van der Waals surface area contributed by atoms with Crippen molar-refractivity contribution >= 4 is 34.7 Å². The van der Waals surface area contributed by atoms with Crippen LogP contribution in [0.15, 0.2) is 62.8 Å². The number of carbonyl (C=O) groups is 1. The molecule has 0 saturated carbocycles. The summed E-state index contributed by atoms with van der Waals surface area (Å²) < 4.78 is 12.8. The maximum atomic E-state index is 13.4. The number of fused-ring (bicyclic) bond motifs is 1. The molecule has 2 aromatic heterocycles. The Morgan fingerprint density at radius 3 is 2.77 bits per heavy atom. The number of ether oxygens (including phenoxy) is 2. The summed E-state index contributed by atoms with van der Waals surface area (Å²) >= 11 is 2.79. The lowest BCUT2D eigenvalue weighted by molar-refractivity contribution is -0.139. The van der Waals surface area contributed by atoms with E-state index in [2.05, 4.69) is 4.99 Å². The molecule has 1 aliphatic rings. The highest BCUT2D eigenvalue weighted by Gasteiger charge is 2.33. The SMILES string of the molecule is CCOC(=O)C1=C(C)N=c2s/c(=C\c3ccccc3OC)c(=O)n2[C@@H]1c1cccs1. The summed E-state index contributed by atoms with van der Waals surface area (Å²) in [5, 5.41) is 1.93. The van der Waals surface area contributed by atoms with Gasteiger partial charge in [0.1, 0.15) is 11.8 Å². The van der Waals surface area contributed by atoms with Crippen molar-refractivity contribution in [2.24, 2.45) is 4.99 Å². The van der Waals surface area contributed by atoms with E-state index in [1.165, 1.54) is 22.7 Å². The Hall–Kier alpha value is -2.97. The van der Waals surface area contributed by atoms with Crippen LogP contribution in [0, 0.1) is 0 Å². The van der Waals surface area contributed by atoms with Gasteiger partial charge in [-0.25, -0.2) is 9.79 Å². The van der Waals surface area contributed by atoms with Gasteiger partial charge in [0, 0.05) is 10.4 Å². The van der Waals surface area contributed by atoms with Crippen LogP contribution in [0.2, 0.25) is 0 Å². The molecule has 154 valence electrons. The standard InChI is InChI=1S/C22H20N2O4S2/c1-4-28-21(26)18-13(2)23-22-24(19(18)16-10-7-11-29-16)20(25)17(30-22)12-14-8-5-6-9-15(14)27-3/h5-12,19H,4H2,1-3H3/b17-12-/t19-/m1/s1. The van der Waals surface area contributed by atoms with Crippen molar-refractivity contribution in [2.75, 3.05) is 13.7 Å². The predicted octanol–water partition coefficient (Wildman–Crippen LogP) is 2.87. The van der Waals surface area contributed by atoms with Crippen LogP contribution in [0.3, 0.4) is 0 Å². The van der Waals surface area contributed by atoms with E-state index >= 15 is 0 Å². The number of aromatic nitrogens is 1. The molecule has 1 aliphatic heterocycles. The fraction of sp³-hybridized carbons (Fsp3) is 0.227. The summed E-state index contributed by atoms with van der Waals surface area (Å²) in [4.78, 5) is 32.2. The fourth-order valence-corrected chi connectivity index (χ4v) is 5.30. The number of nitrogens with zero attached hydrogens (tertiary/aromatic N) is 2. The number of allylic oxidation sites excluding steroid dienone is 1. The van der Waals surface area contributed by atoms with Gasteiger partial charge >= 0.3 is 5.97 Å². The molecule has 30 heavy (non-hydrogen) atoms. The van der Waals surface area contributed by atoms with Gasteiger partial charge in [-0.3, -0.25) is 9.36 Å². The number of methoxy groups -OCH3 is 1. The fourth-order valence-electron chi connectivity index (χ4n) is 3.43. The number of carbonyl (C=O) groups excluding carboxylic acids is 1. The Labute approximate surface area is 181 Å². The quantitative estimate of drug-likeness (QED) is 0.572. The first-order valence-electron chi connectivity index (χ1n) is 9.41. The van der Waals surface area contributed by atoms with E-state index in [1.54, 1.807) is 31.6 Å². The van der Waals surface area contributed by atoms with Crippen molar-refractivity contribution in [1.82, 2.24) is 4.57 Å². The van der Waals surface area contributed by atoms with Gasteiger partial charge in [-0.1, -0.05) is 35.6 Å². The maximum absolute atomic E-state index is 13.4. The van der Waals surface area contributed by atoms with E-state index in [0.717, 1.165) is 10.4 Å². The number of esters is 1. The summed E-state index contributed by atoms with van der Waals surface area (Å²) in [5.41, 5.74) is 1.57. The molecule has 0 amide bonds. The molecule has 0 saturated heterocycles. The highest BCUT2D eigenvalue weighted by atomic mass is 32.1. The molecule has 1 aromatic carbocycles. The third kappa shape index (κ3) is 3.53.